The van der Waals surface area contributed by atoms with Gasteiger partial charge in [-0.05, 0) is 33.9 Å². The first kappa shape index (κ1) is 22.4. The fourth-order valence-electron chi connectivity index (χ4n) is 1.87. The van der Waals surface area contributed by atoms with Crippen LogP contribution in [-0.2, 0) is 33.3 Å². The van der Waals surface area contributed by atoms with Crippen molar-refractivity contribution < 1.29 is 34.3 Å². The van der Waals surface area contributed by atoms with Gasteiger partial charge in [-0.3, -0.25) is 0 Å². The Hall–Kier alpha value is 0.1000. The van der Waals surface area contributed by atoms with E-state index in [0.717, 1.165) is 23.0 Å². The van der Waals surface area contributed by atoms with Crippen molar-refractivity contribution in [3.8, 4) is 11.5 Å². The molecular formula is C14H24Cl2O2S2. The summed E-state index contributed by atoms with van der Waals surface area (Å²) >= 11 is 0. The smallest absolute Gasteiger partial charge is 0.136 e. The van der Waals surface area contributed by atoms with Crippen molar-refractivity contribution in [3.63, 3.8) is 0 Å². The number of hydrogen-bond donors (Lipinski definition) is 0. The minimum atomic E-state index is 0. The molecule has 0 saturated heterocycles. The highest BCUT2D eigenvalue weighted by atomic mass is 35.5. The molecule has 1 rings (SSSR count). The van der Waals surface area contributed by atoms with E-state index in [1.807, 2.05) is 0 Å². The highest BCUT2D eigenvalue weighted by molar-refractivity contribution is 7.95. The SMILES string of the molecule is COc1cc(C[S+](C)C)c(OC)cc1C[S+](C)C.[Cl-].[Cl-]. The number of rotatable bonds is 6. The van der Waals surface area contributed by atoms with E-state index in [9.17, 15) is 0 Å². The summed E-state index contributed by atoms with van der Waals surface area (Å²) in [6.07, 6.45) is 8.98. The van der Waals surface area contributed by atoms with Gasteiger partial charge in [-0.25, -0.2) is 0 Å². The number of benzene rings is 1. The first-order chi connectivity index (χ1) is 8.47. The van der Waals surface area contributed by atoms with E-state index in [-0.39, 0.29) is 24.8 Å². The van der Waals surface area contributed by atoms with Gasteiger partial charge >= 0.3 is 0 Å². The molecule has 118 valence electrons. The Bertz CT molecular complexity index is 361. The van der Waals surface area contributed by atoms with Crippen LogP contribution in [0.2, 0.25) is 0 Å². The van der Waals surface area contributed by atoms with Crippen LogP contribution in [0.1, 0.15) is 11.1 Å². The second-order valence-electron chi connectivity index (χ2n) is 4.74. The Morgan fingerprint density at radius 3 is 1.25 bits per heavy atom. The maximum absolute atomic E-state index is 5.52. The van der Waals surface area contributed by atoms with E-state index in [4.69, 9.17) is 9.47 Å². The number of halogens is 2. The van der Waals surface area contributed by atoms with E-state index < -0.39 is 0 Å². The third kappa shape index (κ3) is 6.70. The summed E-state index contributed by atoms with van der Waals surface area (Å²) in [7, 11) is 4.21. The molecule has 0 amide bonds. The molecule has 0 bridgehead atoms. The molecule has 20 heavy (non-hydrogen) atoms. The summed E-state index contributed by atoms with van der Waals surface area (Å²) in [5.74, 6) is 4.09. The van der Waals surface area contributed by atoms with E-state index in [0.29, 0.717) is 21.8 Å². The van der Waals surface area contributed by atoms with Crippen LogP contribution in [0.25, 0.3) is 0 Å². The molecule has 0 atom stereocenters. The fraction of sp³-hybridized carbons (Fsp3) is 0.571. The lowest BCUT2D eigenvalue weighted by molar-refractivity contribution is -0.001000. The molecule has 1 aromatic rings. The molecule has 1 aromatic carbocycles. The maximum atomic E-state index is 5.52. The van der Waals surface area contributed by atoms with Crippen LogP contribution >= 0.6 is 0 Å². The Morgan fingerprint density at radius 1 is 0.750 bits per heavy atom. The molecule has 0 aromatic heterocycles. The summed E-state index contributed by atoms with van der Waals surface area (Å²) in [5.41, 5.74) is 2.50. The molecular weight excluding hydrogens is 335 g/mol. The molecule has 0 aliphatic heterocycles. The van der Waals surface area contributed by atoms with Crippen molar-refractivity contribution in [1.29, 1.82) is 0 Å². The molecule has 0 saturated carbocycles. The van der Waals surface area contributed by atoms with Gasteiger partial charge in [0.05, 0.1) is 39.2 Å². The van der Waals surface area contributed by atoms with Crippen molar-refractivity contribution in [1.82, 2.24) is 0 Å². The fourth-order valence-corrected chi connectivity index (χ4v) is 3.57. The number of methoxy groups -OCH3 is 2. The van der Waals surface area contributed by atoms with Crippen molar-refractivity contribution in [2.24, 2.45) is 0 Å². The minimum absolute atomic E-state index is 0. The molecule has 0 spiro atoms. The van der Waals surface area contributed by atoms with Crippen molar-refractivity contribution in [2.75, 3.05) is 39.2 Å². The predicted octanol–water partition coefficient (Wildman–Crippen LogP) is -3.53. The Balaban J connectivity index is 0. The van der Waals surface area contributed by atoms with E-state index in [2.05, 4.69) is 37.2 Å². The monoisotopic (exact) mass is 358 g/mol. The summed E-state index contributed by atoms with van der Waals surface area (Å²) < 4.78 is 11.0. The normalized spacial score (nSPS) is 10.0. The molecule has 0 heterocycles. The second-order valence-corrected chi connectivity index (χ2v) is 9.26. The van der Waals surface area contributed by atoms with Gasteiger partial charge in [-0.1, -0.05) is 0 Å². The van der Waals surface area contributed by atoms with Gasteiger partial charge in [0.2, 0.25) is 0 Å². The standard InChI is InChI=1S/C14H24O2S2.2ClH/c1-15-13-7-12(10-18(5)6)14(16-2)8-11(13)9-17(3)4;;/h7-8H,9-10H2,1-6H3;2*1H/q+2;;/p-2. The third-order valence-electron chi connectivity index (χ3n) is 2.57. The highest BCUT2D eigenvalue weighted by Gasteiger charge is 2.18. The lowest BCUT2D eigenvalue weighted by Crippen LogP contribution is -3.00. The first-order valence-corrected chi connectivity index (χ1v) is 10.2. The lowest BCUT2D eigenvalue weighted by Gasteiger charge is -2.13. The van der Waals surface area contributed by atoms with Crippen LogP contribution in [0.4, 0.5) is 0 Å². The van der Waals surface area contributed by atoms with E-state index in [1.165, 1.54) is 11.1 Å². The van der Waals surface area contributed by atoms with Crippen molar-refractivity contribution >= 4 is 21.8 Å². The van der Waals surface area contributed by atoms with Crippen LogP contribution < -0.4 is 34.3 Å². The molecule has 0 aliphatic rings. The molecule has 6 heteroatoms. The molecule has 0 unspecified atom stereocenters. The zero-order valence-electron chi connectivity index (χ0n) is 13.0. The average molecular weight is 359 g/mol. The summed E-state index contributed by atoms with van der Waals surface area (Å²) in [4.78, 5) is 0. The third-order valence-corrected chi connectivity index (χ3v) is 4.35. The minimum Gasteiger partial charge on any atom is -1.00 e. The van der Waals surface area contributed by atoms with Gasteiger partial charge in [0.1, 0.15) is 23.0 Å². The van der Waals surface area contributed by atoms with Crippen LogP contribution in [0.15, 0.2) is 12.1 Å². The van der Waals surface area contributed by atoms with Crippen LogP contribution in [-0.4, -0.2) is 39.2 Å². The van der Waals surface area contributed by atoms with Gasteiger partial charge in [0.25, 0.3) is 0 Å². The topological polar surface area (TPSA) is 18.5 Å². The summed E-state index contributed by atoms with van der Waals surface area (Å²) in [6, 6.07) is 4.29. The van der Waals surface area contributed by atoms with Crippen LogP contribution in [0.3, 0.4) is 0 Å². The molecule has 0 radical (unpaired) electrons. The highest BCUT2D eigenvalue weighted by Crippen LogP contribution is 2.31. The largest absolute Gasteiger partial charge is 1.00 e. The van der Waals surface area contributed by atoms with E-state index >= 15 is 0 Å². The summed E-state index contributed by atoms with van der Waals surface area (Å²) in [6.45, 7) is 0. The molecule has 2 nitrogen and oxygen atoms in total. The number of hydrogen-bond acceptors (Lipinski definition) is 2. The van der Waals surface area contributed by atoms with Crippen LogP contribution in [0.5, 0.6) is 11.5 Å². The molecule has 0 fully saturated rings. The zero-order chi connectivity index (χ0) is 13.7. The second kappa shape index (κ2) is 10.8. The first-order valence-electron chi connectivity index (χ1n) is 5.80. The van der Waals surface area contributed by atoms with E-state index in [1.54, 1.807) is 14.2 Å². The number of ether oxygens (including phenoxy) is 2. The van der Waals surface area contributed by atoms with Gasteiger partial charge in [0.15, 0.2) is 0 Å². The quantitative estimate of drug-likeness (QED) is 0.490. The zero-order valence-corrected chi connectivity index (χ0v) is 16.1. The van der Waals surface area contributed by atoms with Gasteiger partial charge < -0.3 is 34.3 Å². The lowest BCUT2D eigenvalue weighted by atomic mass is 10.1. The Morgan fingerprint density at radius 2 is 1.05 bits per heavy atom. The maximum Gasteiger partial charge on any atom is 0.136 e. The Kier molecular flexibility index (Phi) is 12.1. The summed E-state index contributed by atoms with van der Waals surface area (Å²) in [5, 5.41) is 0. The van der Waals surface area contributed by atoms with Gasteiger partial charge in [-0.15, -0.1) is 0 Å². The predicted molar refractivity (Wildman–Crippen MR) is 85.4 cm³/mol. The molecule has 0 aliphatic carbocycles. The van der Waals surface area contributed by atoms with Gasteiger partial charge in [-0.2, -0.15) is 0 Å². The Labute approximate surface area is 141 Å². The van der Waals surface area contributed by atoms with Crippen molar-refractivity contribution in [3.05, 3.63) is 23.3 Å². The van der Waals surface area contributed by atoms with Crippen LogP contribution in [0, 0.1) is 0 Å². The van der Waals surface area contributed by atoms with Crippen molar-refractivity contribution in [2.45, 2.75) is 11.5 Å². The molecule has 0 N–H and O–H groups in total. The van der Waals surface area contributed by atoms with Gasteiger partial charge in [0, 0.05) is 11.1 Å². The average Bonchev–Trinajstić information content (AvgIpc) is 2.29.